The molecule has 98 valence electrons. The number of carbonyl (C=O) groups is 1. The molecular formula is C13H20N4O. The second-order valence-electron chi connectivity index (χ2n) is 4.94. The van der Waals surface area contributed by atoms with Gasteiger partial charge in [0.15, 0.2) is 0 Å². The average molecular weight is 248 g/mol. The minimum atomic E-state index is -0.00204. The summed E-state index contributed by atoms with van der Waals surface area (Å²) in [5.74, 6) is -0.00204. The molecule has 0 aliphatic carbocycles. The zero-order chi connectivity index (χ0) is 13.1. The number of pyridine rings is 1. The van der Waals surface area contributed by atoms with Crippen molar-refractivity contribution in [2.24, 2.45) is 0 Å². The fourth-order valence-corrected chi connectivity index (χ4v) is 2.35. The lowest BCUT2D eigenvalue weighted by Gasteiger charge is -2.27. The van der Waals surface area contributed by atoms with E-state index in [4.69, 9.17) is 5.73 Å². The van der Waals surface area contributed by atoms with Gasteiger partial charge < -0.3 is 15.5 Å². The Hall–Kier alpha value is -1.62. The number of aromatic nitrogens is 1. The monoisotopic (exact) mass is 248 g/mol. The van der Waals surface area contributed by atoms with Crippen LogP contribution in [0.4, 0.5) is 5.69 Å². The summed E-state index contributed by atoms with van der Waals surface area (Å²) < 4.78 is 0. The van der Waals surface area contributed by atoms with Gasteiger partial charge in [-0.15, -0.1) is 0 Å². The van der Waals surface area contributed by atoms with Gasteiger partial charge in [-0.2, -0.15) is 0 Å². The Balaban J connectivity index is 2.14. The summed E-state index contributed by atoms with van der Waals surface area (Å²) in [4.78, 5) is 20.7. The van der Waals surface area contributed by atoms with Crippen molar-refractivity contribution in [1.29, 1.82) is 0 Å². The van der Waals surface area contributed by atoms with Gasteiger partial charge in [-0.25, -0.2) is 4.98 Å². The number of rotatable bonds is 1. The van der Waals surface area contributed by atoms with E-state index in [0.717, 1.165) is 26.1 Å². The highest BCUT2D eigenvalue weighted by Gasteiger charge is 2.25. The van der Waals surface area contributed by atoms with Crippen molar-refractivity contribution >= 4 is 11.6 Å². The number of carbonyl (C=O) groups excluding carboxylic acids is 1. The Morgan fingerprint density at radius 3 is 2.89 bits per heavy atom. The average Bonchev–Trinajstić information content (AvgIpc) is 2.50. The number of hydrogen-bond acceptors (Lipinski definition) is 4. The molecule has 1 amide bonds. The standard InChI is InChI=1S/C13H20N4O/c1-10-9-16(2)6-3-7-17(10)13(18)12-5-4-11(14)8-15-12/h4-5,8,10H,3,6-7,9,14H2,1-2H3. The summed E-state index contributed by atoms with van der Waals surface area (Å²) >= 11 is 0. The first-order valence-electron chi connectivity index (χ1n) is 6.29. The highest BCUT2D eigenvalue weighted by molar-refractivity contribution is 5.92. The largest absolute Gasteiger partial charge is 0.397 e. The van der Waals surface area contributed by atoms with Crippen molar-refractivity contribution in [2.45, 2.75) is 19.4 Å². The van der Waals surface area contributed by atoms with E-state index in [1.54, 1.807) is 12.1 Å². The molecule has 1 aromatic heterocycles. The molecule has 18 heavy (non-hydrogen) atoms. The van der Waals surface area contributed by atoms with Crippen molar-refractivity contribution in [2.75, 3.05) is 32.4 Å². The minimum Gasteiger partial charge on any atom is -0.397 e. The van der Waals surface area contributed by atoms with Gasteiger partial charge >= 0.3 is 0 Å². The quantitative estimate of drug-likeness (QED) is 0.799. The predicted octanol–water partition coefficient (Wildman–Crippen LogP) is 0.830. The molecule has 2 heterocycles. The van der Waals surface area contributed by atoms with Crippen LogP contribution in [0, 0.1) is 0 Å². The van der Waals surface area contributed by atoms with Crippen LogP contribution in [0.25, 0.3) is 0 Å². The van der Waals surface area contributed by atoms with Gasteiger partial charge in [-0.05, 0) is 39.1 Å². The number of nitrogens with zero attached hydrogens (tertiary/aromatic N) is 3. The van der Waals surface area contributed by atoms with E-state index < -0.39 is 0 Å². The predicted molar refractivity (Wildman–Crippen MR) is 71.3 cm³/mol. The van der Waals surface area contributed by atoms with Gasteiger partial charge in [0, 0.05) is 19.1 Å². The van der Waals surface area contributed by atoms with Gasteiger partial charge in [0.05, 0.1) is 11.9 Å². The van der Waals surface area contributed by atoms with Crippen molar-refractivity contribution in [3.63, 3.8) is 0 Å². The minimum absolute atomic E-state index is 0.00204. The third-order valence-corrected chi connectivity index (χ3v) is 3.31. The highest BCUT2D eigenvalue weighted by atomic mass is 16.2. The Morgan fingerprint density at radius 1 is 1.44 bits per heavy atom. The molecule has 1 atom stereocenters. The van der Waals surface area contributed by atoms with Crippen LogP contribution in [0.5, 0.6) is 0 Å². The molecule has 0 bridgehead atoms. The second-order valence-corrected chi connectivity index (χ2v) is 4.94. The zero-order valence-electron chi connectivity index (χ0n) is 11.0. The van der Waals surface area contributed by atoms with Crippen LogP contribution < -0.4 is 5.73 Å². The molecule has 1 aliphatic heterocycles. The molecule has 5 nitrogen and oxygen atoms in total. The first-order valence-corrected chi connectivity index (χ1v) is 6.29. The molecular weight excluding hydrogens is 228 g/mol. The Bertz CT molecular complexity index is 418. The van der Waals surface area contributed by atoms with E-state index in [1.807, 2.05) is 4.90 Å². The maximum Gasteiger partial charge on any atom is 0.272 e. The Morgan fingerprint density at radius 2 is 2.22 bits per heavy atom. The van der Waals surface area contributed by atoms with E-state index in [-0.39, 0.29) is 11.9 Å². The molecule has 0 spiro atoms. The maximum atomic E-state index is 12.4. The summed E-state index contributed by atoms with van der Waals surface area (Å²) in [7, 11) is 2.09. The number of likely N-dealkylation sites (N-methyl/N-ethyl adjacent to an activating group) is 1. The van der Waals surface area contributed by atoms with Crippen molar-refractivity contribution in [1.82, 2.24) is 14.8 Å². The van der Waals surface area contributed by atoms with Crippen LogP contribution in [-0.4, -0.2) is 53.4 Å². The van der Waals surface area contributed by atoms with Crippen molar-refractivity contribution in [3.05, 3.63) is 24.0 Å². The fourth-order valence-electron chi connectivity index (χ4n) is 2.35. The maximum absolute atomic E-state index is 12.4. The Labute approximate surface area is 108 Å². The first kappa shape index (κ1) is 12.8. The molecule has 2 rings (SSSR count). The lowest BCUT2D eigenvalue weighted by molar-refractivity contribution is 0.0690. The van der Waals surface area contributed by atoms with Gasteiger partial charge in [0.1, 0.15) is 5.69 Å². The molecule has 1 aromatic rings. The second kappa shape index (κ2) is 5.35. The molecule has 5 heteroatoms. The van der Waals surface area contributed by atoms with Crippen LogP contribution >= 0.6 is 0 Å². The molecule has 0 saturated carbocycles. The van der Waals surface area contributed by atoms with Gasteiger partial charge in [-0.3, -0.25) is 4.79 Å². The summed E-state index contributed by atoms with van der Waals surface area (Å²) in [5, 5.41) is 0. The number of hydrogen-bond donors (Lipinski definition) is 1. The molecule has 1 aliphatic rings. The van der Waals surface area contributed by atoms with E-state index in [9.17, 15) is 4.79 Å². The van der Waals surface area contributed by atoms with Gasteiger partial charge in [0.2, 0.25) is 0 Å². The Kier molecular flexibility index (Phi) is 3.81. The summed E-state index contributed by atoms with van der Waals surface area (Å²) in [6.07, 6.45) is 2.53. The number of nitrogens with two attached hydrogens (primary N) is 1. The first-order chi connectivity index (χ1) is 8.58. The van der Waals surface area contributed by atoms with Crippen LogP contribution in [-0.2, 0) is 0 Å². The zero-order valence-corrected chi connectivity index (χ0v) is 11.0. The van der Waals surface area contributed by atoms with E-state index in [2.05, 4.69) is 23.9 Å². The van der Waals surface area contributed by atoms with E-state index in [1.165, 1.54) is 6.20 Å². The highest BCUT2D eigenvalue weighted by Crippen LogP contribution is 2.13. The van der Waals surface area contributed by atoms with E-state index in [0.29, 0.717) is 11.4 Å². The lowest BCUT2D eigenvalue weighted by Crippen LogP contribution is -2.42. The summed E-state index contributed by atoms with van der Waals surface area (Å²) in [6, 6.07) is 3.62. The number of nitrogen functional groups attached to an aromatic ring is 1. The van der Waals surface area contributed by atoms with Gasteiger partial charge in [0.25, 0.3) is 5.91 Å². The smallest absolute Gasteiger partial charge is 0.272 e. The van der Waals surface area contributed by atoms with Crippen LogP contribution in [0.15, 0.2) is 18.3 Å². The van der Waals surface area contributed by atoms with Crippen LogP contribution in [0.2, 0.25) is 0 Å². The molecule has 0 aromatic carbocycles. The number of anilines is 1. The summed E-state index contributed by atoms with van der Waals surface area (Å²) in [6.45, 7) is 4.80. The lowest BCUT2D eigenvalue weighted by atomic mass is 10.2. The SMILES string of the molecule is CC1CN(C)CCCN1C(=O)c1ccc(N)cn1. The molecule has 1 saturated heterocycles. The molecule has 1 fully saturated rings. The third kappa shape index (κ3) is 2.79. The van der Waals surface area contributed by atoms with Crippen molar-refractivity contribution < 1.29 is 4.79 Å². The van der Waals surface area contributed by atoms with E-state index >= 15 is 0 Å². The fraction of sp³-hybridized carbons (Fsp3) is 0.538. The van der Waals surface area contributed by atoms with Crippen LogP contribution in [0.3, 0.4) is 0 Å². The molecule has 1 unspecified atom stereocenters. The molecule has 0 radical (unpaired) electrons. The number of amides is 1. The normalized spacial score (nSPS) is 21.7. The van der Waals surface area contributed by atoms with Crippen LogP contribution in [0.1, 0.15) is 23.8 Å². The summed E-state index contributed by atoms with van der Waals surface area (Å²) in [5.41, 5.74) is 6.63. The topological polar surface area (TPSA) is 62.5 Å². The third-order valence-electron chi connectivity index (χ3n) is 3.31. The van der Waals surface area contributed by atoms with Crippen molar-refractivity contribution in [3.8, 4) is 0 Å². The molecule has 2 N–H and O–H groups in total. The van der Waals surface area contributed by atoms with Gasteiger partial charge in [-0.1, -0.05) is 0 Å².